The molecule has 0 saturated heterocycles. The van der Waals surface area contributed by atoms with Crippen molar-refractivity contribution in [3.8, 4) is 39.6 Å². The molecule has 3 aromatic heterocycles. The number of benzene rings is 9. The quantitative estimate of drug-likeness (QED) is 0.156. The second kappa shape index (κ2) is 19.1. The zero-order chi connectivity index (χ0) is 53.0. The first-order chi connectivity index (χ1) is 37.1. The van der Waals surface area contributed by atoms with E-state index in [4.69, 9.17) is 9.72 Å². The molecule has 0 radical (unpaired) electrons. The Labute approximate surface area is 472 Å². The van der Waals surface area contributed by atoms with Gasteiger partial charge in [-0.1, -0.05) is 207 Å². The van der Waals surface area contributed by atoms with Crippen LogP contribution in [0.3, 0.4) is 0 Å². The first-order valence-electron chi connectivity index (χ1n) is 26.8. The number of anilines is 2. The van der Waals surface area contributed by atoms with E-state index >= 15 is 0 Å². The van der Waals surface area contributed by atoms with Gasteiger partial charge in [0.15, 0.2) is 0 Å². The first kappa shape index (κ1) is 50.7. The van der Waals surface area contributed by atoms with Crippen LogP contribution in [-0.4, -0.2) is 14.1 Å². The molecule has 78 heavy (non-hydrogen) atoms. The van der Waals surface area contributed by atoms with Crippen molar-refractivity contribution in [2.75, 3.05) is 4.90 Å². The van der Waals surface area contributed by atoms with Crippen LogP contribution in [0.15, 0.2) is 200 Å². The molecule has 388 valence electrons. The van der Waals surface area contributed by atoms with Gasteiger partial charge in [-0.15, -0.1) is 35.7 Å². The number of hydrogen-bond acceptors (Lipinski definition) is 3. The van der Waals surface area contributed by atoms with Crippen LogP contribution in [-0.2, 0) is 37.3 Å². The monoisotopic (exact) mass is 1190 g/mol. The number of pyridine rings is 1. The van der Waals surface area contributed by atoms with Gasteiger partial charge in [0.2, 0.25) is 0 Å². The van der Waals surface area contributed by atoms with Gasteiger partial charge < -0.3 is 18.8 Å². The van der Waals surface area contributed by atoms with Crippen molar-refractivity contribution >= 4 is 76.5 Å². The fraction of sp³-hybridized carbons (Fsp3) is 0.167. The topological polar surface area (TPSA) is 35.2 Å². The Morgan fingerprint density at radius 2 is 1.01 bits per heavy atom. The van der Waals surface area contributed by atoms with Gasteiger partial charge in [0.1, 0.15) is 5.82 Å². The second-order valence-corrected chi connectivity index (χ2v) is 23.8. The maximum atomic E-state index is 6.81. The van der Waals surface area contributed by atoms with Crippen molar-refractivity contribution in [1.82, 2.24) is 14.1 Å². The summed E-state index contributed by atoms with van der Waals surface area (Å²) in [5.74, 6) is 2.03. The maximum Gasteiger partial charge on any atom is 0.135 e. The van der Waals surface area contributed by atoms with E-state index in [0.29, 0.717) is 11.5 Å². The summed E-state index contributed by atoms with van der Waals surface area (Å²) in [5, 5.41) is 9.25. The van der Waals surface area contributed by atoms with Crippen LogP contribution in [0, 0.1) is 18.8 Å². The van der Waals surface area contributed by atoms with Gasteiger partial charge in [0, 0.05) is 50.0 Å². The third-order valence-corrected chi connectivity index (χ3v) is 15.6. The Hall–Kier alpha value is -8.11. The van der Waals surface area contributed by atoms with E-state index in [0.717, 1.165) is 71.9 Å². The number of para-hydroxylation sites is 3. The molecule has 4 heterocycles. The van der Waals surface area contributed by atoms with Crippen molar-refractivity contribution in [2.45, 2.75) is 78.6 Å². The molecule has 0 fully saturated rings. The SMILES string of the molecule is CC(C)(C)c1ccc(-c2cc(-c3cccc4c5ccccc5c5ccccc5c5cccc6c5n(c34)[CH-]N6c3[c-]c(Oc4[c-]c5c(cc4)c4ccccc4n5-c4cc(C(C)(C)C)ccn4)ccc3)cc(C(C)(C)C)c2)cc1.[Pt]. The van der Waals surface area contributed by atoms with Crippen molar-refractivity contribution < 1.29 is 25.8 Å². The van der Waals surface area contributed by atoms with E-state index in [2.05, 4.69) is 277 Å². The predicted octanol–water partition coefficient (Wildman–Crippen LogP) is 19.5. The molecule has 0 spiro atoms. The molecule has 0 bridgehead atoms. The molecule has 9 aromatic carbocycles. The normalized spacial score (nSPS) is 12.7. The minimum atomic E-state index is -0.110. The predicted molar refractivity (Wildman–Crippen MR) is 324 cm³/mol. The average molecular weight is 1190 g/mol. The third kappa shape index (κ3) is 8.79. The van der Waals surface area contributed by atoms with E-state index in [1.165, 1.54) is 49.4 Å². The van der Waals surface area contributed by atoms with Crippen LogP contribution < -0.4 is 9.64 Å². The molecule has 0 atom stereocenters. The Morgan fingerprint density at radius 1 is 0.436 bits per heavy atom. The number of fused-ring (bicyclic) bond motifs is 10. The summed E-state index contributed by atoms with van der Waals surface area (Å²) < 4.78 is 11.5. The molecule has 0 saturated carbocycles. The van der Waals surface area contributed by atoms with Crippen LogP contribution in [0.4, 0.5) is 11.4 Å². The number of hydrogen-bond donors (Lipinski definition) is 0. The Bertz CT molecular complexity index is 4410. The summed E-state index contributed by atoms with van der Waals surface area (Å²) in [4.78, 5) is 7.18. The van der Waals surface area contributed by atoms with Crippen LogP contribution >= 0.6 is 0 Å². The van der Waals surface area contributed by atoms with Crippen LogP contribution in [0.1, 0.15) is 79.0 Å². The summed E-state index contributed by atoms with van der Waals surface area (Å²) in [6.07, 6.45) is 1.91. The van der Waals surface area contributed by atoms with Crippen LogP contribution in [0.25, 0.3) is 93.2 Å². The zero-order valence-corrected chi connectivity index (χ0v) is 47.9. The standard InChI is InChI=1S/C72H61N4O.Pt/c1-70(2,3)49-33-31-46(32-34-49)47-39-48(41-51(40-47)72(7,8)9)55-26-17-27-62-58-23-12-10-21-56(58)57-22-11-13-24-59(57)63-28-18-30-65-69(63)75(68(55)62)45-74(65)52-19-16-20-53(43-52)77-54-35-36-61-60-25-14-15-29-64(60)76(66(61)44-54)67-42-50(37-38-73-67)71(4,5)6;/h10-42,45H,1-9H3;/q-3;. The van der Waals surface area contributed by atoms with E-state index < -0.39 is 0 Å². The smallest absolute Gasteiger partial charge is 0.135 e. The van der Waals surface area contributed by atoms with Gasteiger partial charge >= 0.3 is 0 Å². The molecule has 1 aliphatic rings. The van der Waals surface area contributed by atoms with E-state index in [1.54, 1.807) is 0 Å². The van der Waals surface area contributed by atoms with Crippen molar-refractivity contribution in [3.63, 3.8) is 0 Å². The summed E-state index contributed by atoms with van der Waals surface area (Å²) in [5.41, 5.74) is 14.5. The van der Waals surface area contributed by atoms with Gasteiger partial charge in [-0.3, -0.25) is 0 Å². The van der Waals surface area contributed by atoms with Gasteiger partial charge in [0.05, 0.1) is 0 Å². The fourth-order valence-corrected chi connectivity index (χ4v) is 11.4. The van der Waals surface area contributed by atoms with Gasteiger partial charge in [0.25, 0.3) is 0 Å². The van der Waals surface area contributed by atoms with Crippen molar-refractivity contribution in [2.24, 2.45) is 0 Å². The van der Waals surface area contributed by atoms with E-state index in [9.17, 15) is 0 Å². The van der Waals surface area contributed by atoms with E-state index in [1.807, 2.05) is 18.3 Å². The molecule has 0 aliphatic carbocycles. The van der Waals surface area contributed by atoms with E-state index in [-0.39, 0.29) is 37.3 Å². The van der Waals surface area contributed by atoms with Crippen LogP contribution in [0.2, 0.25) is 0 Å². The maximum absolute atomic E-state index is 6.81. The molecule has 6 heteroatoms. The molecular weight excluding hydrogens is 1130 g/mol. The largest absolute Gasteiger partial charge is 0.509 e. The molecule has 12 aromatic rings. The number of ether oxygens (including phenoxy) is 1. The molecule has 13 rings (SSSR count). The Balaban J connectivity index is 0.00000609. The number of rotatable bonds is 6. The zero-order valence-electron chi connectivity index (χ0n) is 45.6. The minimum Gasteiger partial charge on any atom is -0.509 e. The van der Waals surface area contributed by atoms with Crippen molar-refractivity contribution in [3.05, 3.63) is 236 Å². The Morgan fingerprint density at radius 3 is 1.69 bits per heavy atom. The van der Waals surface area contributed by atoms with Crippen LogP contribution in [0.5, 0.6) is 11.5 Å². The molecular formula is C72H61N4OPt-3. The molecule has 5 nitrogen and oxygen atoms in total. The summed E-state index contributed by atoms with van der Waals surface area (Å²) in [7, 11) is 0. The third-order valence-electron chi connectivity index (χ3n) is 15.6. The molecule has 0 unspecified atom stereocenters. The van der Waals surface area contributed by atoms with Crippen molar-refractivity contribution in [1.29, 1.82) is 0 Å². The van der Waals surface area contributed by atoms with Gasteiger partial charge in [-0.25, -0.2) is 4.98 Å². The summed E-state index contributed by atoms with van der Waals surface area (Å²) in [6, 6.07) is 78.2. The summed E-state index contributed by atoms with van der Waals surface area (Å²) >= 11 is 0. The van der Waals surface area contributed by atoms with Gasteiger partial charge in [-0.2, -0.15) is 12.1 Å². The minimum absolute atomic E-state index is 0. The number of aromatic nitrogens is 3. The molecule has 1 aliphatic heterocycles. The van der Waals surface area contributed by atoms with Gasteiger partial charge in [-0.05, 0) is 141 Å². The number of nitrogens with zero attached hydrogens (tertiary/aromatic N) is 4. The second-order valence-electron chi connectivity index (χ2n) is 23.8. The molecule has 0 amide bonds. The first-order valence-corrected chi connectivity index (χ1v) is 26.8. The molecule has 0 N–H and O–H groups in total. The fourth-order valence-electron chi connectivity index (χ4n) is 11.4. The summed E-state index contributed by atoms with van der Waals surface area (Å²) in [6.45, 7) is 22.7. The average Bonchev–Trinajstić information content (AvgIpc) is 4.22. The Kier molecular flexibility index (Phi) is 12.4.